The Kier molecular flexibility index (Phi) is 4.94. The topological polar surface area (TPSA) is 122 Å². The van der Waals surface area contributed by atoms with Crippen molar-refractivity contribution in [3.05, 3.63) is 59.7 Å². The first-order chi connectivity index (χ1) is 14.0. The van der Waals surface area contributed by atoms with E-state index < -0.39 is 5.91 Å². The third-order valence-corrected chi connectivity index (χ3v) is 4.74. The molecule has 150 valence electrons. The zero-order chi connectivity index (χ0) is 20.4. The van der Waals surface area contributed by atoms with Gasteiger partial charge in [-0.05, 0) is 29.8 Å². The Hall–Kier alpha value is -3.75. The molecule has 0 radical (unpaired) electrons. The summed E-state index contributed by atoms with van der Waals surface area (Å²) in [6, 6.07) is 9.02. The fourth-order valence-corrected chi connectivity index (χ4v) is 3.41. The van der Waals surface area contributed by atoms with Crippen LogP contribution in [0.4, 0.5) is 5.82 Å². The number of methoxy groups -OCH3 is 1. The second-order valence-electron chi connectivity index (χ2n) is 6.66. The van der Waals surface area contributed by atoms with Crippen LogP contribution in [-0.4, -0.2) is 35.3 Å². The van der Waals surface area contributed by atoms with Crippen molar-refractivity contribution in [2.75, 3.05) is 19.0 Å². The number of benzene rings is 1. The van der Waals surface area contributed by atoms with Gasteiger partial charge in [0.25, 0.3) is 5.91 Å². The number of nitrogens with zero attached hydrogens (tertiary/aromatic N) is 2. The Labute approximate surface area is 166 Å². The lowest BCUT2D eigenvalue weighted by atomic mass is 9.87. The van der Waals surface area contributed by atoms with Crippen LogP contribution in [0.15, 0.2) is 47.2 Å². The van der Waals surface area contributed by atoms with Gasteiger partial charge >= 0.3 is 0 Å². The quantitative estimate of drug-likeness (QED) is 0.629. The highest BCUT2D eigenvalue weighted by atomic mass is 16.5. The molecule has 0 spiro atoms. The summed E-state index contributed by atoms with van der Waals surface area (Å²) < 4.78 is 17.9. The van der Waals surface area contributed by atoms with Crippen LogP contribution >= 0.6 is 0 Å². The molecule has 3 aromatic rings. The van der Waals surface area contributed by atoms with Gasteiger partial charge in [-0.2, -0.15) is 5.10 Å². The molecule has 3 N–H and O–H groups in total. The highest BCUT2D eigenvalue weighted by molar-refractivity contribution is 5.94. The average molecular weight is 396 g/mol. The number of carbonyl (C=O) groups excluding carboxylic acids is 2. The third-order valence-electron chi connectivity index (χ3n) is 4.74. The summed E-state index contributed by atoms with van der Waals surface area (Å²) in [5, 5.41) is 7.32. The summed E-state index contributed by atoms with van der Waals surface area (Å²) in [5.74, 6) is 1.32. The van der Waals surface area contributed by atoms with Crippen molar-refractivity contribution in [2.24, 2.45) is 5.73 Å². The van der Waals surface area contributed by atoms with Crippen molar-refractivity contribution in [3.63, 3.8) is 0 Å². The predicted molar refractivity (Wildman–Crippen MR) is 103 cm³/mol. The van der Waals surface area contributed by atoms with Crippen LogP contribution in [0.1, 0.15) is 29.2 Å². The zero-order valence-corrected chi connectivity index (χ0v) is 15.8. The molecule has 3 heterocycles. The maximum Gasteiger partial charge on any atom is 0.255 e. The van der Waals surface area contributed by atoms with E-state index in [-0.39, 0.29) is 24.9 Å². The maximum atomic E-state index is 12.4. The first kappa shape index (κ1) is 18.6. The van der Waals surface area contributed by atoms with Crippen LogP contribution in [-0.2, 0) is 16.1 Å². The Morgan fingerprint density at radius 2 is 2.24 bits per heavy atom. The number of rotatable bonds is 7. The SMILES string of the molecule is COc1ccc([C@@H]2CC(=O)Nc3c2cnn3Cc2ccco2)cc1OCC(N)=O. The summed E-state index contributed by atoms with van der Waals surface area (Å²) in [5.41, 5.74) is 6.91. The fraction of sp³-hybridized carbons (Fsp3) is 0.250. The molecule has 4 rings (SSSR count). The van der Waals surface area contributed by atoms with Crippen molar-refractivity contribution in [2.45, 2.75) is 18.9 Å². The Morgan fingerprint density at radius 1 is 1.38 bits per heavy atom. The number of anilines is 1. The molecule has 0 aliphatic carbocycles. The fourth-order valence-electron chi connectivity index (χ4n) is 3.41. The van der Waals surface area contributed by atoms with Crippen molar-refractivity contribution in [1.82, 2.24) is 9.78 Å². The van der Waals surface area contributed by atoms with Crippen LogP contribution in [0, 0.1) is 0 Å². The molecule has 0 saturated carbocycles. The molecule has 9 heteroatoms. The van der Waals surface area contributed by atoms with Crippen LogP contribution in [0.25, 0.3) is 0 Å². The Balaban J connectivity index is 1.68. The van der Waals surface area contributed by atoms with E-state index in [1.807, 2.05) is 12.1 Å². The minimum absolute atomic E-state index is 0.112. The lowest BCUT2D eigenvalue weighted by Gasteiger charge is -2.24. The molecule has 0 bridgehead atoms. The van der Waals surface area contributed by atoms with Crippen molar-refractivity contribution in [3.8, 4) is 11.5 Å². The van der Waals surface area contributed by atoms with Crippen molar-refractivity contribution < 1.29 is 23.5 Å². The summed E-state index contributed by atoms with van der Waals surface area (Å²) in [4.78, 5) is 23.5. The molecule has 1 aliphatic rings. The molecule has 1 atom stereocenters. The van der Waals surface area contributed by atoms with Crippen LogP contribution in [0.3, 0.4) is 0 Å². The van der Waals surface area contributed by atoms with E-state index in [0.29, 0.717) is 23.9 Å². The normalized spacial score (nSPS) is 15.5. The number of carbonyl (C=O) groups is 2. The molecule has 29 heavy (non-hydrogen) atoms. The Morgan fingerprint density at radius 3 is 2.97 bits per heavy atom. The number of primary amides is 1. The number of nitrogens with two attached hydrogens (primary N) is 1. The average Bonchev–Trinajstić information content (AvgIpc) is 3.36. The molecule has 9 nitrogen and oxygen atoms in total. The number of fused-ring (bicyclic) bond motifs is 1. The molecular formula is C20H20N4O5. The predicted octanol–water partition coefficient (Wildman–Crippen LogP) is 1.87. The van der Waals surface area contributed by atoms with Gasteiger partial charge in [-0.25, -0.2) is 4.68 Å². The summed E-state index contributed by atoms with van der Waals surface area (Å²) in [6.45, 7) is 0.141. The number of furan rings is 1. The molecule has 0 unspecified atom stereocenters. The largest absolute Gasteiger partial charge is 0.493 e. The number of aromatic nitrogens is 2. The zero-order valence-electron chi connectivity index (χ0n) is 15.8. The van der Waals surface area contributed by atoms with Crippen molar-refractivity contribution >= 4 is 17.6 Å². The summed E-state index contributed by atoms with van der Waals surface area (Å²) in [7, 11) is 1.51. The number of hydrogen-bond donors (Lipinski definition) is 2. The van der Waals surface area contributed by atoms with Gasteiger partial charge in [0, 0.05) is 17.9 Å². The number of nitrogens with one attached hydrogen (secondary N) is 1. The smallest absolute Gasteiger partial charge is 0.255 e. The van der Waals surface area contributed by atoms with Gasteiger partial charge in [-0.1, -0.05) is 6.07 Å². The van der Waals surface area contributed by atoms with Gasteiger partial charge in [0.15, 0.2) is 18.1 Å². The summed E-state index contributed by atoms with van der Waals surface area (Å²) >= 11 is 0. The van der Waals surface area contributed by atoms with Crippen LogP contribution in [0.5, 0.6) is 11.5 Å². The first-order valence-electron chi connectivity index (χ1n) is 9.02. The second kappa shape index (κ2) is 7.70. The highest BCUT2D eigenvalue weighted by Crippen LogP contribution is 2.40. The van der Waals surface area contributed by atoms with Crippen molar-refractivity contribution in [1.29, 1.82) is 0 Å². The molecule has 1 aromatic carbocycles. The molecule has 1 aliphatic heterocycles. The molecule has 0 fully saturated rings. The van der Waals surface area contributed by atoms with Gasteiger partial charge in [-0.3, -0.25) is 9.59 Å². The lowest BCUT2D eigenvalue weighted by Crippen LogP contribution is -2.25. The number of ether oxygens (including phenoxy) is 2. The molecule has 0 saturated heterocycles. The molecular weight excluding hydrogens is 376 g/mol. The Bertz CT molecular complexity index is 1040. The van der Waals surface area contributed by atoms with Gasteiger partial charge in [0.05, 0.1) is 19.6 Å². The van der Waals surface area contributed by atoms with E-state index in [2.05, 4.69) is 10.4 Å². The van der Waals surface area contributed by atoms with E-state index in [1.54, 1.807) is 35.3 Å². The maximum absolute atomic E-state index is 12.4. The van der Waals surface area contributed by atoms with Gasteiger partial charge in [-0.15, -0.1) is 0 Å². The standard InChI is InChI=1S/C20H20N4O5/c1-27-16-5-4-12(7-17(16)29-11-18(21)25)14-8-19(26)23-20-15(14)9-22-24(20)10-13-3-2-6-28-13/h2-7,9,14H,8,10-11H2,1H3,(H2,21,25)(H,23,26)/t14-/m0/s1. The number of hydrogen-bond acceptors (Lipinski definition) is 6. The second-order valence-corrected chi connectivity index (χ2v) is 6.66. The monoisotopic (exact) mass is 396 g/mol. The van der Waals surface area contributed by atoms with Crippen LogP contribution < -0.4 is 20.5 Å². The first-order valence-corrected chi connectivity index (χ1v) is 9.02. The lowest BCUT2D eigenvalue weighted by molar-refractivity contribution is -0.120. The van der Waals surface area contributed by atoms with E-state index in [4.69, 9.17) is 19.6 Å². The van der Waals surface area contributed by atoms with Gasteiger partial charge < -0.3 is 24.9 Å². The third kappa shape index (κ3) is 3.79. The van der Waals surface area contributed by atoms with Gasteiger partial charge in [0.1, 0.15) is 18.1 Å². The molecule has 2 amide bonds. The minimum Gasteiger partial charge on any atom is -0.493 e. The molecule has 2 aromatic heterocycles. The van der Waals surface area contributed by atoms with Crippen LogP contribution in [0.2, 0.25) is 0 Å². The van der Waals surface area contributed by atoms with Gasteiger partial charge in [0.2, 0.25) is 5.91 Å². The number of amides is 2. The minimum atomic E-state index is -0.587. The van der Waals surface area contributed by atoms with E-state index >= 15 is 0 Å². The summed E-state index contributed by atoms with van der Waals surface area (Å²) in [6.07, 6.45) is 3.61. The van der Waals surface area contributed by atoms with E-state index in [1.165, 1.54) is 7.11 Å². The van der Waals surface area contributed by atoms with E-state index in [0.717, 1.165) is 16.9 Å². The van der Waals surface area contributed by atoms with E-state index in [9.17, 15) is 9.59 Å². The highest BCUT2D eigenvalue weighted by Gasteiger charge is 2.30.